The zero-order valence-corrected chi connectivity index (χ0v) is 18.1. The topological polar surface area (TPSA) is 62.3 Å². The van der Waals surface area contributed by atoms with Crippen LogP contribution in [0.15, 0.2) is 53.4 Å². The quantitative estimate of drug-likeness (QED) is 0.553. The van der Waals surface area contributed by atoms with Crippen LogP contribution < -0.4 is 9.62 Å². The number of aryl methyl sites for hydroxylation is 1. The van der Waals surface area contributed by atoms with Gasteiger partial charge in [0.25, 0.3) is 0 Å². The van der Waals surface area contributed by atoms with Crippen LogP contribution in [0, 0.1) is 6.92 Å². The van der Waals surface area contributed by atoms with Crippen LogP contribution in [0.3, 0.4) is 0 Å². The van der Waals surface area contributed by atoms with Crippen LogP contribution in [-0.4, -0.2) is 33.6 Å². The highest BCUT2D eigenvalue weighted by Crippen LogP contribution is 2.32. The van der Waals surface area contributed by atoms with Gasteiger partial charge < -0.3 is 4.90 Å². The smallest absolute Gasteiger partial charge is 0.351 e. The van der Waals surface area contributed by atoms with Gasteiger partial charge in [-0.25, -0.2) is 4.98 Å². The number of pyridine rings is 1. The molecule has 0 fully saturated rings. The van der Waals surface area contributed by atoms with Crippen LogP contribution in [0.5, 0.6) is 0 Å². The maximum absolute atomic E-state index is 13.5. The molecule has 10 heteroatoms. The molecule has 2 heterocycles. The average Bonchev–Trinajstić information content (AvgIpc) is 2.85. The fraction of sp³-hybridized carbons (Fsp3) is 0.238. The first-order chi connectivity index (χ1) is 14.6. The number of hydrogen-bond donors (Lipinski definition) is 2. The Hall–Kier alpha value is -2.65. The maximum atomic E-state index is 13.5. The lowest BCUT2D eigenvalue weighted by atomic mass is 10.1. The van der Waals surface area contributed by atoms with E-state index in [0.717, 1.165) is 10.9 Å². The summed E-state index contributed by atoms with van der Waals surface area (Å²) in [5.74, 6) is -1.86. The number of aromatic nitrogens is 1. The van der Waals surface area contributed by atoms with Crippen molar-refractivity contribution in [2.24, 2.45) is 0 Å². The number of hydrogen-bond acceptors (Lipinski definition) is 4. The molecule has 0 radical (unpaired) electrons. The highest BCUT2D eigenvalue weighted by molar-refractivity contribution is 8.01. The maximum Gasteiger partial charge on any atom is 0.472 e. The summed E-state index contributed by atoms with van der Waals surface area (Å²) in [5.41, 5.74) is 2.28. The standard InChI is InChI=1S/C21H19ClF3N3O2S/c1-13-6-7-17-15(10-13)16(22)11-19(26-17)28-8-9-31(30,27-20(29)21(23,24)25)18-5-3-2-4-14(18)12-28/h2-7,10-11,31H,8-9,12H2,1H3,(H,27,29,30). The minimum absolute atomic E-state index is 0.130. The predicted molar refractivity (Wildman–Crippen MR) is 116 cm³/mol. The number of anilines is 1. The number of alkyl halides is 3. The molecule has 5 nitrogen and oxygen atoms in total. The molecule has 1 aliphatic heterocycles. The third kappa shape index (κ3) is 4.24. The summed E-state index contributed by atoms with van der Waals surface area (Å²) >= 11 is 6.47. The van der Waals surface area contributed by atoms with Gasteiger partial charge >= 0.3 is 12.1 Å². The molecule has 0 saturated carbocycles. The van der Waals surface area contributed by atoms with Gasteiger partial charge in [-0.15, -0.1) is 0 Å². The van der Waals surface area contributed by atoms with Gasteiger partial charge in [-0.1, -0.05) is 41.4 Å². The van der Waals surface area contributed by atoms with Crippen LogP contribution >= 0.6 is 11.6 Å². The summed E-state index contributed by atoms with van der Waals surface area (Å²) in [4.78, 5) is 18.3. The summed E-state index contributed by atoms with van der Waals surface area (Å²) in [5, 5.41) is 1.29. The first-order valence-corrected chi connectivity index (χ1v) is 11.7. The van der Waals surface area contributed by atoms with E-state index in [0.29, 0.717) is 21.9 Å². The van der Waals surface area contributed by atoms with Crippen LogP contribution in [0.4, 0.5) is 19.0 Å². The molecule has 1 aromatic heterocycles. The van der Waals surface area contributed by atoms with E-state index in [1.165, 1.54) is 6.07 Å². The highest BCUT2D eigenvalue weighted by Gasteiger charge is 2.42. The van der Waals surface area contributed by atoms with Gasteiger partial charge in [0.2, 0.25) is 0 Å². The second kappa shape index (κ2) is 7.80. The molecule has 0 unspecified atom stereocenters. The summed E-state index contributed by atoms with van der Waals surface area (Å²) in [6.07, 6.45) is -5.12. The lowest BCUT2D eigenvalue weighted by Crippen LogP contribution is -2.46. The number of carbonyl (C=O) groups is 1. The van der Waals surface area contributed by atoms with Gasteiger partial charge in [0.05, 0.1) is 10.5 Å². The lowest BCUT2D eigenvalue weighted by molar-refractivity contribution is -0.171. The van der Waals surface area contributed by atoms with Crippen molar-refractivity contribution in [3.8, 4) is 0 Å². The van der Waals surface area contributed by atoms with Crippen molar-refractivity contribution in [1.29, 1.82) is 0 Å². The number of thiol groups is 1. The highest BCUT2D eigenvalue weighted by atomic mass is 35.5. The second-order valence-electron chi connectivity index (χ2n) is 7.44. The first kappa shape index (κ1) is 21.6. The number of rotatable bonds is 2. The Labute approximate surface area is 182 Å². The van der Waals surface area contributed by atoms with Crippen molar-refractivity contribution in [2.75, 3.05) is 17.2 Å². The number of nitrogens with zero attached hydrogens (tertiary/aromatic N) is 2. The van der Waals surface area contributed by atoms with E-state index in [4.69, 9.17) is 11.6 Å². The van der Waals surface area contributed by atoms with Crippen molar-refractivity contribution >= 4 is 44.3 Å². The van der Waals surface area contributed by atoms with Gasteiger partial charge in [0.1, 0.15) is 5.82 Å². The summed E-state index contributed by atoms with van der Waals surface area (Å²) in [6, 6.07) is 13.9. The number of amides is 1. The number of benzene rings is 2. The molecule has 1 amide bonds. The Kier molecular flexibility index (Phi) is 5.43. The Morgan fingerprint density at radius 3 is 2.68 bits per heavy atom. The molecule has 31 heavy (non-hydrogen) atoms. The molecule has 0 spiro atoms. The zero-order chi connectivity index (χ0) is 22.4. The van der Waals surface area contributed by atoms with Gasteiger partial charge in [-0.2, -0.15) is 13.2 Å². The number of fused-ring (bicyclic) bond motifs is 2. The number of carbonyl (C=O) groups excluding carboxylic acids is 1. The summed E-state index contributed by atoms with van der Waals surface area (Å²) in [6.45, 7) is 2.34. The molecule has 2 aromatic carbocycles. The fourth-order valence-corrected chi connectivity index (χ4v) is 6.29. The minimum atomic E-state index is -5.12. The van der Waals surface area contributed by atoms with E-state index in [1.54, 1.807) is 29.0 Å². The molecular formula is C21H19ClF3N3O2S. The van der Waals surface area contributed by atoms with Crippen molar-refractivity contribution in [3.63, 3.8) is 0 Å². The molecule has 1 aliphatic rings. The third-order valence-corrected chi connectivity index (χ3v) is 8.11. The van der Waals surface area contributed by atoms with Gasteiger partial charge in [0, 0.05) is 29.1 Å². The Morgan fingerprint density at radius 1 is 1.19 bits per heavy atom. The lowest BCUT2D eigenvalue weighted by Gasteiger charge is -2.26. The van der Waals surface area contributed by atoms with Crippen molar-refractivity contribution in [2.45, 2.75) is 24.5 Å². The Bertz CT molecular complexity index is 1230. The monoisotopic (exact) mass is 469 g/mol. The largest absolute Gasteiger partial charge is 0.472 e. The average molecular weight is 470 g/mol. The number of halogens is 4. The summed E-state index contributed by atoms with van der Waals surface area (Å²) in [7, 11) is -3.85. The second-order valence-corrected chi connectivity index (χ2v) is 10.5. The fourth-order valence-electron chi connectivity index (χ4n) is 3.65. The van der Waals surface area contributed by atoms with Gasteiger partial charge in [-0.05, 0) is 46.9 Å². The van der Waals surface area contributed by atoms with Gasteiger partial charge in [0.15, 0.2) is 0 Å². The normalized spacial score (nSPS) is 17.0. The van der Waals surface area contributed by atoms with Crippen LogP contribution in [0.1, 0.15) is 11.1 Å². The van der Waals surface area contributed by atoms with Crippen LogP contribution in [0.2, 0.25) is 5.02 Å². The van der Waals surface area contributed by atoms with Gasteiger partial charge in [-0.3, -0.25) is 13.7 Å². The molecule has 0 aliphatic carbocycles. The Balaban J connectivity index is 1.74. The zero-order valence-electron chi connectivity index (χ0n) is 16.4. The molecule has 0 saturated heterocycles. The molecule has 164 valence electrons. The first-order valence-electron chi connectivity index (χ1n) is 9.46. The van der Waals surface area contributed by atoms with Crippen molar-refractivity contribution < 1.29 is 22.2 Å². The van der Waals surface area contributed by atoms with Crippen molar-refractivity contribution in [3.05, 3.63) is 64.7 Å². The van der Waals surface area contributed by atoms with E-state index in [9.17, 15) is 22.2 Å². The minimum Gasteiger partial charge on any atom is -0.351 e. The molecule has 4 rings (SSSR count). The van der Waals surface area contributed by atoms with E-state index in [-0.39, 0.29) is 23.7 Å². The third-order valence-electron chi connectivity index (χ3n) is 5.19. The van der Waals surface area contributed by atoms with Crippen LogP contribution in [-0.2, 0) is 21.5 Å². The Morgan fingerprint density at radius 2 is 1.94 bits per heavy atom. The van der Waals surface area contributed by atoms with E-state index < -0.39 is 22.2 Å². The summed E-state index contributed by atoms with van der Waals surface area (Å²) < 4.78 is 53.8. The molecule has 1 N–H and O–H groups in total. The molecule has 3 aromatic rings. The SMILES string of the molecule is Cc1ccc2nc(N3CC[SH](=O)(NC(=O)C(F)(F)F)c4ccccc4C3)cc(Cl)c2c1. The van der Waals surface area contributed by atoms with E-state index in [2.05, 4.69) is 4.98 Å². The molecule has 0 bridgehead atoms. The predicted octanol–water partition coefficient (Wildman–Crippen LogP) is 4.19. The van der Waals surface area contributed by atoms with Crippen LogP contribution in [0.25, 0.3) is 10.9 Å². The number of nitrogens with one attached hydrogen (secondary N) is 1. The van der Waals surface area contributed by atoms with E-state index >= 15 is 0 Å². The van der Waals surface area contributed by atoms with Crippen molar-refractivity contribution in [1.82, 2.24) is 9.71 Å². The van der Waals surface area contributed by atoms with E-state index in [1.807, 2.05) is 30.0 Å². The molecule has 0 atom stereocenters. The molecular weight excluding hydrogens is 451 g/mol.